The number of carbonyl (C=O) groups excluding carboxylic acids is 1. The van der Waals surface area contributed by atoms with Crippen molar-refractivity contribution in [3.63, 3.8) is 0 Å². The molecule has 1 fully saturated rings. The van der Waals surface area contributed by atoms with E-state index in [0.29, 0.717) is 11.6 Å². The second-order valence-electron chi connectivity index (χ2n) is 9.67. The van der Waals surface area contributed by atoms with E-state index in [1.165, 1.54) is 21.4 Å². The molecule has 176 valence electrons. The third-order valence-corrected chi connectivity index (χ3v) is 9.30. The van der Waals surface area contributed by atoms with Gasteiger partial charge in [0.15, 0.2) is 0 Å². The van der Waals surface area contributed by atoms with Crippen molar-refractivity contribution < 1.29 is 14.7 Å². The Bertz CT molecular complexity index is 1340. The number of thiophene rings is 2. The van der Waals surface area contributed by atoms with E-state index in [1.54, 1.807) is 16.2 Å². The Morgan fingerprint density at radius 2 is 1.74 bits per heavy atom. The summed E-state index contributed by atoms with van der Waals surface area (Å²) in [6.45, 7) is 6.20. The molecule has 1 saturated carbocycles. The molecule has 0 spiro atoms. The van der Waals surface area contributed by atoms with Crippen LogP contribution >= 0.6 is 22.7 Å². The van der Waals surface area contributed by atoms with Crippen LogP contribution in [0.5, 0.6) is 0 Å². The quantitative estimate of drug-likeness (QED) is 0.307. The second kappa shape index (κ2) is 9.16. The smallest absolute Gasteiger partial charge is 0.348 e. The SMILES string of the molecule is CC1CCC(C(=O)N(c2c(C(=O)O)sc3c(-c4cc5ccccc5s4)cccc23)C(C)C)CC1. The largest absolute Gasteiger partial charge is 0.477 e. The van der Waals surface area contributed by atoms with Crippen LogP contribution in [0.15, 0.2) is 48.5 Å². The van der Waals surface area contributed by atoms with Crippen LogP contribution in [-0.4, -0.2) is 23.0 Å². The van der Waals surface area contributed by atoms with Crippen LogP contribution in [0.4, 0.5) is 5.69 Å². The zero-order chi connectivity index (χ0) is 24.0. The molecule has 2 aromatic carbocycles. The summed E-state index contributed by atoms with van der Waals surface area (Å²) in [5, 5.41) is 12.2. The molecule has 1 aliphatic carbocycles. The number of amides is 1. The summed E-state index contributed by atoms with van der Waals surface area (Å²) >= 11 is 3.00. The van der Waals surface area contributed by atoms with Crippen molar-refractivity contribution in [2.45, 2.75) is 52.5 Å². The number of fused-ring (bicyclic) bond motifs is 2. The first-order chi connectivity index (χ1) is 16.3. The van der Waals surface area contributed by atoms with Gasteiger partial charge in [-0.3, -0.25) is 4.79 Å². The molecule has 2 heterocycles. The maximum Gasteiger partial charge on any atom is 0.348 e. The van der Waals surface area contributed by atoms with Gasteiger partial charge in [0.2, 0.25) is 5.91 Å². The molecule has 1 amide bonds. The van der Waals surface area contributed by atoms with Crippen LogP contribution in [0.2, 0.25) is 0 Å². The Morgan fingerprint density at radius 1 is 1.00 bits per heavy atom. The topological polar surface area (TPSA) is 57.6 Å². The lowest BCUT2D eigenvalue weighted by Crippen LogP contribution is -2.42. The molecule has 4 aromatic rings. The highest BCUT2D eigenvalue weighted by atomic mass is 32.1. The Balaban J connectivity index is 1.66. The standard InChI is InChI=1S/C28H29NO3S2/c1-16(2)29(27(30)18-13-11-17(3)12-14-18)24-21-9-6-8-20(25(21)34-26(24)28(31)32)23-15-19-7-4-5-10-22(19)33-23/h4-10,15-18H,11-14H2,1-3H3,(H,31,32). The van der Waals surface area contributed by atoms with E-state index in [2.05, 4.69) is 31.2 Å². The maximum atomic E-state index is 13.8. The van der Waals surface area contributed by atoms with E-state index in [4.69, 9.17) is 0 Å². The van der Waals surface area contributed by atoms with Gasteiger partial charge in [0.1, 0.15) is 4.88 Å². The number of carbonyl (C=O) groups is 2. The van der Waals surface area contributed by atoms with Crippen molar-refractivity contribution in [3.05, 3.63) is 53.4 Å². The number of benzene rings is 2. The fraction of sp³-hybridized carbons (Fsp3) is 0.357. The number of carboxylic acids is 1. The number of nitrogens with zero attached hydrogens (tertiary/aromatic N) is 1. The summed E-state index contributed by atoms with van der Waals surface area (Å²) in [4.78, 5) is 29.3. The molecular formula is C28H29NO3S2. The number of anilines is 1. The van der Waals surface area contributed by atoms with Crippen molar-refractivity contribution in [3.8, 4) is 10.4 Å². The van der Waals surface area contributed by atoms with Gasteiger partial charge in [0.05, 0.1) is 5.69 Å². The van der Waals surface area contributed by atoms with Crippen molar-refractivity contribution in [2.24, 2.45) is 11.8 Å². The summed E-state index contributed by atoms with van der Waals surface area (Å²) in [5.74, 6) is -0.302. The molecule has 0 aliphatic heterocycles. The van der Waals surface area contributed by atoms with E-state index >= 15 is 0 Å². The Labute approximate surface area is 207 Å². The fourth-order valence-electron chi connectivity index (χ4n) is 5.13. The molecule has 4 nitrogen and oxygen atoms in total. The minimum Gasteiger partial charge on any atom is -0.477 e. The summed E-state index contributed by atoms with van der Waals surface area (Å²) in [5.41, 5.74) is 1.59. The molecule has 2 aromatic heterocycles. The minimum atomic E-state index is -0.978. The van der Waals surface area contributed by atoms with Gasteiger partial charge in [-0.15, -0.1) is 22.7 Å². The van der Waals surface area contributed by atoms with Crippen molar-refractivity contribution in [2.75, 3.05) is 4.90 Å². The molecule has 0 unspecified atom stereocenters. The molecule has 6 heteroatoms. The summed E-state index contributed by atoms with van der Waals surface area (Å²) in [6.07, 6.45) is 3.85. The van der Waals surface area contributed by atoms with Gasteiger partial charge in [-0.05, 0) is 63.0 Å². The monoisotopic (exact) mass is 491 g/mol. The number of aromatic carboxylic acids is 1. The van der Waals surface area contributed by atoms with Gasteiger partial charge in [-0.1, -0.05) is 43.3 Å². The minimum absolute atomic E-state index is 0.0408. The molecule has 0 atom stereocenters. The van der Waals surface area contributed by atoms with Gasteiger partial charge >= 0.3 is 5.97 Å². The summed E-state index contributed by atoms with van der Waals surface area (Å²) in [6, 6.07) is 16.3. The molecular weight excluding hydrogens is 462 g/mol. The van der Waals surface area contributed by atoms with Gasteiger partial charge < -0.3 is 10.0 Å². The molecule has 1 aliphatic rings. The van der Waals surface area contributed by atoms with Crippen molar-refractivity contribution >= 4 is 60.4 Å². The third kappa shape index (κ3) is 4.03. The van der Waals surface area contributed by atoms with Crippen LogP contribution in [-0.2, 0) is 4.79 Å². The average molecular weight is 492 g/mol. The van der Waals surface area contributed by atoms with Gasteiger partial charge in [0, 0.05) is 37.2 Å². The van der Waals surface area contributed by atoms with Gasteiger partial charge in [0.25, 0.3) is 0 Å². The molecule has 0 bridgehead atoms. The predicted octanol–water partition coefficient (Wildman–Crippen LogP) is 8.05. The van der Waals surface area contributed by atoms with Gasteiger partial charge in [-0.25, -0.2) is 4.79 Å². The van der Waals surface area contributed by atoms with Crippen LogP contribution in [0.25, 0.3) is 30.6 Å². The highest BCUT2D eigenvalue weighted by Crippen LogP contribution is 2.46. The summed E-state index contributed by atoms with van der Waals surface area (Å²) < 4.78 is 2.13. The van der Waals surface area contributed by atoms with E-state index in [-0.39, 0.29) is 22.7 Å². The number of carboxylic acid groups (broad SMARTS) is 1. The van der Waals surface area contributed by atoms with Gasteiger partial charge in [-0.2, -0.15) is 0 Å². The predicted molar refractivity (Wildman–Crippen MR) is 143 cm³/mol. The number of rotatable bonds is 5. The molecule has 0 radical (unpaired) electrons. The van der Waals surface area contributed by atoms with Crippen molar-refractivity contribution in [1.29, 1.82) is 0 Å². The first-order valence-electron chi connectivity index (χ1n) is 12.0. The maximum absolute atomic E-state index is 13.8. The highest BCUT2D eigenvalue weighted by molar-refractivity contribution is 7.24. The van der Waals surface area contributed by atoms with E-state index in [9.17, 15) is 14.7 Å². The lowest BCUT2D eigenvalue weighted by atomic mass is 9.82. The van der Waals surface area contributed by atoms with E-state index < -0.39 is 5.97 Å². The van der Waals surface area contributed by atoms with Crippen LogP contribution < -0.4 is 4.90 Å². The summed E-state index contributed by atoms with van der Waals surface area (Å²) in [7, 11) is 0. The first-order valence-corrected chi connectivity index (χ1v) is 13.6. The third-order valence-electron chi connectivity index (χ3n) is 6.93. The normalized spacial score (nSPS) is 18.6. The lowest BCUT2D eigenvalue weighted by molar-refractivity contribution is -0.123. The Morgan fingerprint density at radius 3 is 2.41 bits per heavy atom. The zero-order valence-corrected chi connectivity index (χ0v) is 21.3. The van der Waals surface area contributed by atoms with E-state index in [0.717, 1.165) is 46.2 Å². The Kier molecular flexibility index (Phi) is 6.21. The zero-order valence-electron chi connectivity index (χ0n) is 19.7. The number of hydrogen-bond acceptors (Lipinski definition) is 4. The molecule has 5 rings (SSSR count). The molecule has 1 N–H and O–H groups in total. The molecule has 34 heavy (non-hydrogen) atoms. The highest BCUT2D eigenvalue weighted by Gasteiger charge is 2.34. The average Bonchev–Trinajstić information content (AvgIpc) is 3.41. The van der Waals surface area contributed by atoms with Crippen LogP contribution in [0.3, 0.4) is 0 Å². The lowest BCUT2D eigenvalue weighted by Gasteiger charge is -2.33. The number of hydrogen-bond donors (Lipinski definition) is 1. The second-order valence-corrected chi connectivity index (χ2v) is 11.8. The molecule has 0 saturated heterocycles. The van der Waals surface area contributed by atoms with Crippen molar-refractivity contribution in [1.82, 2.24) is 0 Å². The van der Waals surface area contributed by atoms with Crippen LogP contribution in [0, 0.1) is 11.8 Å². The van der Waals surface area contributed by atoms with Crippen LogP contribution in [0.1, 0.15) is 56.1 Å². The first kappa shape index (κ1) is 23.1. The van der Waals surface area contributed by atoms with E-state index in [1.807, 2.05) is 38.1 Å². The Hall–Kier alpha value is -2.70. The fourth-order valence-corrected chi connectivity index (χ4v) is 7.44.